The molecule has 0 aliphatic carbocycles. The summed E-state index contributed by atoms with van der Waals surface area (Å²) in [6.45, 7) is 7.44. The topological polar surface area (TPSA) is 58.3 Å². The van der Waals surface area contributed by atoms with E-state index in [0.717, 1.165) is 73.3 Å². The minimum Gasteiger partial charge on any atom is -0.379 e. The Kier molecular flexibility index (Phi) is 4.83. The first-order valence-corrected chi connectivity index (χ1v) is 10.0. The zero-order valence-electron chi connectivity index (χ0n) is 16.5. The fourth-order valence-electron chi connectivity index (χ4n) is 3.77. The van der Waals surface area contributed by atoms with Gasteiger partial charge in [-0.1, -0.05) is 30.3 Å². The lowest BCUT2D eigenvalue weighted by Gasteiger charge is -2.28. The molecule has 1 aromatic carbocycles. The highest BCUT2D eigenvalue weighted by Gasteiger charge is 2.17. The summed E-state index contributed by atoms with van der Waals surface area (Å²) in [5, 5.41) is 11.6. The molecule has 0 saturated carbocycles. The van der Waals surface area contributed by atoms with Crippen molar-refractivity contribution in [2.24, 2.45) is 5.10 Å². The molecule has 29 heavy (non-hydrogen) atoms. The summed E-state index contributed by atoms with van der Waals surface area (Å²) >= 11 is 0. The Balaban J connectivity index is 1.44. The second-order valence-corrected chi connectivity index (χ2v) is 7.34. The Labute approximate surface area is 169 Å². The highest BCUT2D eigenvalue weighted by Crippen LogP contribution is 2.23. The zero-order valence-corrected chi connectivity index (χ0v) is 16.5. The van der Waals surface area contributed by atoms with E-state index in [0.29, 0.717) is 0 Å². The number of aromatic nitrogens is 3. The molecule has 0 N–H and O–H groups in total. The lowest BCUT2D eigenvalue weighted by atomic mass is 10.1. The molecule has 2 aliphatic rings. The third-order valence-corrected chi connectivity index (χ3v) is 5.41. The third kappa shape index (κ3) is 3.66. The van der Waals surface area contributed by atoms with Crippen LogP contribution in [0.5, 0.6) is 0 Å². The number of morpholine rings is 1. The van der Waals surface area contributed by atoms with Crippen LogP contribution in [0.3, 0.4) is 0 Å². The number of hydrazone groups is 1. The summed E-state index contributed by atoms with van der Waals surface area (Å²) in [4.78, 5) is 7.04. The van der Waals surface area contributed by atoms with Gasteiger partial charge in [0.2, 0.25) is 0 Å². The number of hydrogen-bond donors (Lipinski definition) is 0. The van der Waals surface area contributed by atoms with E-state index in [1.165, 1.54) is 0 Å². The predicted octanol–water partition coefficient (Wildman–Crippen LogP) is 2.74. The zero-order chi connectivity index (χ0) is 19.6. The molecule has 0 radical (unpaired) electrons. The first kappa shape index (κ1) is 18.0. The number of rotatable bonds is 4. The van der Waals surface area contributed by atoms with Crippen LogP contribution < -0.4 is 0 Å². The van der Waals surface area contributed by atoms with Crippen molar-refractivity contribution in [2.75, 3.05) is 39.4 Å². The van der Waals surface area contributed by atoms with Gasteiger partial charge in [0.05, 0.1) is 36.9 Å². The first-order valence-electron chi connectivity index (χ1n) is 10.0. The number of benzene rings is 1. The molecule has 4 heterocycles. The average Bonchev–Trinajstić information content (AvgIpc) is 3.14. The third-order valence-electron chi connectivity index (χ3n) is 5.41. The maximum absolute atomic E-state index is 5.43. The summed E-state index contributed by atoms with van der Waals surface area (Å²) < 4.78 is 7.35. The van der Waals surface area contributed by atoms with Gasteiger partial charge in [-0.2, -0.15) is 10.2 Å². The van der Waals surface area contributed by atoms with Gasteiger partial charge in [0.1, 0.15) is 0 Å². The van der Waals surface area contributed by atoms with Crippen molar-refractivity contribution in [3.8, 4) is 11.3 Å². The van der Waals surface area contributed by atoms with Gasteiger partial charge < -0.3 is 4.74 Å². The average molecular weight is 388 g/mol. The minimum absolute atomic E-state index is 0.816. The van der Waals surface area contributed by atoms with Crippen molar-refractivity contribution in [2.45, 2.75) is 6.92 Å². The van der Waals surface area contributed by atoms with Gasteiger partial charge in [0.15, 0.2) is 5.65 Å². The molecule has 7 heteroatoms. The SMILES string of the molecule is CC1=NN(CCN2CCOCC2)C=Cc2c1cnc1cc(-c3ccccc3)nn21. The Morgan fingerprint density at radius 2 is 1.90 bits per heavy atom. The Bertz CT molecular complexity index is 1070. The van der Waals surface area contributed by atoms with Crippen LogP contribution in [0.1, 0.15) is 18.2 Å². The lowest BCUT2D eigenvalue weighted by molar-refractivity contribution is 0.0354. The second kappa shape index (κ2) is 7.77. The monoisotopic (exact) mass is 388 g/mol. The van der Waals surface area contributed by atoms with Crippen LogP contribution >= 0.6 is 0 Å². The van der Waals surface area contributed by atoms with Crippen molar-refractivity contribution >= 4 is 17.4 Å². The van der Waals surface area contributed by atoms with E-state index >= 15 is 0 Å². The van der Waals surface area contributed by atoms with Crippen molar-refractivity contribution in [3.05, 3.63) is 60.1 Å². The van der Waals surface area contributed by atoms with Crippen molar-refractivity contribution in [1.29, 1.82) is 0 Å². The van der Waals surface area contributed by atoms with Crippen LogP contribution in [0.25, 0.3) is 23.0 Å². The van der Waals surface area contributed by atoms with Crippen LogP contribution in [0.4, 0.5) is 0 Å². The molecule has 0 spiro atoms. The largest absolute Gasteiger partial charge is 0.379 e. The van der Waals surface area contributed by atoms with Crippen LogP contribution in [-0.4, -0.2) is 69.6 Å². The van der Waals surface area contributed by atoms with E-state index in [9.17, 15) is 0 Å². The van der Waals surface area contributed by atoms with Gasteiger partial charge in [0, 0.05) is 49.2 Å². The molecule has 0 atom stereocenters. The molecular formula is C22H24N6O. The van der Waals surface area contributed by atoms with Crippen LogP contribution in [-0.2, 0) is 4.74 Å². The molecule has 148 valence electrons. The van der Waals surface area contributed by atoms with E-state index in [-0.39, 0.29) is 0 Å². The highest BCUT2D eigenvalue weighted by atomic mass is 16.5. The van der Waals surface area contributed by atoms with Gasteiger partial charge in [-0.3, -0.25) is 9.91 Å². The van der Waals surface area contributed by atoms with Gasteiger partial charge in [-0.25, -0.2) is 9.50 Å². The number of ether oxygens (including phenoxy) is 1. The number of nitrogens with zero attached hydrogens (tertiary/aromatic N) is 6. The highest BCUT2D eigenvalue weighted by molar-refractivity contribution is 6.01. The van der Waals surface area contributed by atoms with Crippen LogP contribution in [0.2, 0.25) is 0 Å². The van der Waals surface area contributed by atoms with E-state index in [1.54, 1.807) is 0 Å². The molecule has 1 fully saturated rings. The van der Waals surface area contributed by atoms with Gasteiger partial charge in [-0.15, -0.1) is 0 Å². The molecule has 0 amide bonds. The van der Waals surface area contributed by atoms with Gasteiger partial charge >= 0.3 is 0 Å². The standard InChI is InChI=1S/C22H24N6O/c1-17-19-16-23-22-15-20(18-5-3-2-4-6-18)25-28(22)21(19)7-8-27(24-17)10-9-26-11-13-29-14-12-26/h2-8,15-16H,9-14H2,1H3. The quantitative estimate of drug-likeness (QED) is 0.688. The van der Waals surface area contributed by atoms with Gasteiger partial charge in [0.25, 0.3) is 0 Å². The maximum atomic E-state index is 5.43. The lowest BCUT2D eigenvalue weighted by Crippen LogP contribution is -2.39. The normalized spacial score (nSPS) is 17.3. The molecular weight excluding hydrogens is 364 g/mol. The molecule has 0 bridgehead atoms. The molecule has 3 aromatic rings. The Hall–Kier alpha value is -3.03. The minimum atomic E-state index is 0.816. The molecule has 7 nitrogen and oxygen atoms in total. The van der Waals surface area contributed by atoms with Crippen molar-refractivity contribution < 1.29 is 4.74 Å². The molecule has 2 aliphatic heterocycles. The molecule has 0 unspecified atom stereocenters. The summed E-state index contributed by atoms with van der Waals surface area (Å²) in [5.41, 5.74) is 5.79. The predicted molar refractivity (Wildman–Crippen MR) is 114 cm³/mol. The summed E-state index contributed by atoms with van der Waals surface area (Å²) in [7, 11) is 0. The number of fused-ring (bicyclic) bond motifs is 3. The van der Waals surface area contributed by atoms with Crippen LogP contribution in [0, 0.1) is 0 Å². The summed E-state index contributed by atoms with van der Waals surface area (Å²) in [6, 6.07) is 12.2. The molecule has 1 saturated heterocycles. The van der Waals surface area contributed by atoms with E-state index in [2.05, 4.69) is 28.1 Å². The fourth-order valence-corrected chi connectivity index (χ4v) is 3.77. The van der Waals surface area contributed by atoms with E-state index in [1.807, 2.05) is 53.1 Å². The smallest absolute Gasteiger partial charge is 0.156 e. The van der Waals surface area contributed by atoms with Crippen molar-refractivity contribution in [3.63, 3.8) is 0 Å². The van der Waals surface area contributed by atoms with Crippen molar-refractivity contribution in [1.82, 2.24) is 24.5 Å². The Morgan fingerprint density at radius 3 is 2.72 bits per heavy atom. The summed E-state index contributed by atoms with van der Waals surface area (Å²) in [6.07, 6.45) is 6.03. The van der Waals surface area contributed by atoms with Crippen LogP contribution in [0.15, 0.2) is 53.9 Å². The molecule has 2 aromatic heterocycles. The van der Waals surface area contributed by atoms with E-state index in [4.69, 9.17) is 14.9 Å². The second-order valence-electron chi connectivity index (χ2n) is 7.34. The number of hydrogen-bond acceptors (Lipinski definition) is 6. The summed E-state index contributed by atoms with van der Waals surface area (Å²) in [5.74, 6) is 0. The maximum Gasteiger partial charge on any atom is 0.156 e. The van der Waals surface area contributed by atoms with E-state index < -0.39 is 0 Å². The fraction of sp³-hybridized carbons (Fsp3) is 0.318. The molecule has 5 rings (SSSR count). The first-order chi connectivity index (χ1) is 14.3. The van der Waals surface area contributed by atoms with Gasteiger partial charge in [-0.05, 0) is 13.0 Å². The Morgan fingerprint density at radius 1 is 1.07 bits per heavy atom.